The van der Waals surface area contributed by atoms with Crippen LogP contribution in [0.2, 0.25) is 0 Å². The third-order valence-corrected chi connectivity index (χ3v) is 6.80. The minimum atomic E-state index is -0.544. The lowest BCUT2D eigenvalue weighted by atomic mass is 9.90. The molecule has 1 aromatic carbocycles. The number of imidazole rings is 1. The van der Waals surface area contributed by atoms with E-state index in [2.05, 4.69) is 32.6 Å². The van der Waals surface area contributed by atoms with E-state index in [1.54, 1.807) is 11.8 Å². The summed E-state index contributed by atoms with van der Waals surface area (Å²) in [6.45, 7) is 1.89. The Morgan fingerprint density at radius 1 is 1.16 bits per heavy atom. The zero-order valence-electron chi connectivity index (χ0n) is 17.5. The summed E-state index contributed by atoms with van der Waals surface area (Å²) in [5.74, 6) is 0.731. The number of carbonyl (C=O) groups excluding carboxylic acids is 1. The van der Waals surface area contributed by atoms with Crippen LogP contribution in [0.4, 0.5) is 0 Å². The number of aryl methyl sites for hydroxylation is 2. The summed E-state index contributed by atoms with van der Waals surface area (Å²) in [6.07, 6.45) is 8.39. The Hall–Kier alpha value is -3.19. The van der Waals surface area contributed by atoms with Crippen molar-refractivity contribution in [2.75, 3.05) is 6.54 Å². The molecule has 1 fully saturated rings. The first-order chi connectivity index (χ1) is 15.1. The molecule has 1 aliphatic heterocycles. The number of fused-ring (bicyclic) bond motifs is 4. The Bertz CT molecular complexity index is 1320. The standard InChI is InChI=1S/C24H25N5O2/c1-14(30)28-13-18(31)11-20(28)24-27-22(17-7-6-15-4-2-3-5-16(15)10-17)21-12-26-23-19(29(21)24)8-9-25-23/h6-10,12,18,20,25,31H,2-5,11,13H2,1H3/t18-,20-/m1/s1. The number of aromatic nitrogens is 4. The molecule has 7 nitrogen and oxygen atoms in total. The number of β-amino-alcohol motifs (C(OH)–C–C–N with tert-alkyl or cyclic N) is 1. The first-order valence-electron chi connectivity index (χ1n) is 11.0. The van der Waals surface area contributed by atoms with E-state index in [0.717, 1.165) is 46.6 Å². The maximum absolute atomic E-state index is 12.3. The van der Waals surface area contributed by atoms with Gasteiger partial charge in [-0.05, 0) is 48.9 Å². The van der Waals surface area contributed by atoms with E-state index in [1.807, 2.05) is 18.5 Å². The predicted octanol–water partition coefficient (Wildman–Crippen LogP) is 3.41. The van der Waals surface area contributed by atoms with Gasteiger partial charge >= 0.3 is 0 Å². The molecule has 1 aliphatic carbocycles. The maximum atomic E-state index is 12.3. The Morgan fingerprint density at radius 2 is 2.00 bits per heavy atom. The lowest BCUT2D eigenvalue weighted by Crippen LogP contribution is -2.30. The third kappa shape index (κ3) is 2.87. The molecule has 0 unspecified atom stereocenters. The fourth-order valence-electron chi connectivity index (χ4n) is 5.31. The lowest BCUT2D eigenvalue weighted by molar-refractivity contribution is -0.130. The number of aliphatic hydroxyl groups is 1. The monoisotopic (exact) mass is 415 g/mol. The van der Waals surface area contributed by atoms with Gasteiger partial charge in [0.15, 0.2) is 5.65 Å². The summed E-state index contributed by atoms with van der Waals surface area (Å²) in [4.78, 5) is 26.9. The van der Waals surface area contributed by atoms with Crippen LogP contribution in [0, 0.1) is 0 Å². The van der Waals surface area contributed by atoms with Crippen molar-refractivity contribution in [1.29, 1.82) is 0 Å². The van der Waals surface area contributed by atoms with E-state index in [9.17, 15) is 9.90 Å². The molecule has 6 rings (SSSR count). The molecule has 158 valence electrons. The van der Waals surface area contributed by atoms with Crippen LogP contribution in [-0.4, -0.2) is 47.9 Å². The Kier molecular flexibility index (Phi) is 4.14. The highest BCUT2D eigenvalue weighted by molar-refractivity contribution is 5.85. The number of hydrogen-bond acceptors (Lipinski definition) is 4. The van der Waals surface area contributed by atoms with Crippen LogP contribution in [0.3, 0.4) is 0 Å². The van der Waals surface area contributed by atoms with E-state index in [0.29, 0.717) is 13.0 Å². The topological polar surface area (TPSA) is 86.5 Å². The van der Waals surface area contributed by atoms with Crippen LogP contribution >= 0.6 is 0 Å². The summed E-state index contributed by atoms with van der Waals surface area (Å²) in [7, 11) is 0. The second kappa shape index (κ2) is 6.92. The van der Waals surface area contributed by atoms with Gasteiger partial charge in [0.1, 0.15) is 5.82 Å². The van der Waals surface area contributed by atoms with Crippen molar-refractivity contribution in [2.24, 2.45) is 0 Å². The first kappa shape index (κ1) is 18.6. The normalized spacial score (nSPS) is 21.2. The molecule has 31 heavy (non-hydrogen) atoms. The number of H-pyrrole nitrogens is 1. The third-order valence-electron chi connectivity index (χ3n) is 6.80. The van der Waals surface area contributed by atoms with E-state index in [1.165, 1.54) is 24.0 Å². The fraction of sp³-hybridized carbons (Fsp3) is 0.375. The second-order valence-corrected chi connectivity index (χ2v) is 8.78. The van der Waals surface area contributed by atoms with Gasteiger partial charge in [-0.2, -0.15) is 0 Å². The van der Waals surface area contributed by atoms with Gasteiger partial charge in [0.25, 0.3) is 0 Å². The summed E-state index contributed by atoms with van der Waals surface area (Å²) in [5, 5.41) is 10.3. The predicted molar refractivity (Wildman–Crippen MR) is 118 cm³/mol. The number of benzene rings is 1. The lowest BCUT2D eigenvalue weighted by Gasteiger charge is -2.22. The summed E-state index contributed by atoms with van der Waals surface area (Å²) in [6, 6.07) is 8.38. The number of rotatable bonds is 2. The Labute approximate surface area is 179 Å². The first-order valence-corrected chi connectivity index (χ1v) is 11.0. The molecule has 0 radical (unpaired) electrons. The molecule has 0 saturated carbocycles. The molecule has 4 aromatic rings. The van der Waals surface area contributed by atoms with Gasteiger partial charge in [-0.1, -0.05) is 12.1 Å². The smallest absolute Gasteiger partial charge is 0.220 e. The minimum absolute atomic E-state index is 0.0481. The number of hydrogen-bond donors (Lipinski definition) is 2. The van der Waals surface area contributed by atoms with Gasteiger partial charge in [-0.3, -0.25) is 9.20 Å². The van der Waals surface area contributed by atoms with Crippen LogP contribution in [0.5, 0.6) is 0 Å². The summed E-state index contributed by atoms with van der Waals surface area (Å²) < 4.78 is 2.10. The molecule has 1 amide bonds. The molecule has 7 heteroatoms. The van der Waals surface area contributed by atoms with Crippen LogP contribution in [0.25, 0.3) is 27.9 Å². The zero-order chi connectivity index (χ0) is 21.1. The second-order valence-electron chi connectivity index (χ2n) is 8.78. The average Bonchev–Trinajstić information content (AvgIpc) is 3.48. The molecule has 1 saturated heterocycles. The van der Waals surface area contributed by atoms with Crippen molar-refractivity contribution in [1.82, 2.24) is 24.3 Å². The molecule has 0 spiro atoms. The van der Waals surface area contributed by atoms with E-state index in [4.69, 9.17) is 4.98 Å². The molecule has 2 atom stereocenters. The number of nitrogens with zero attached hydrogens (tertiary/aromatic N) is 4. The SMILES string of the molecule is CC(=O)N1C[C@H](O)C[C@@H]1c1nc(-c2ccc3c(c2)CCCC3)c2cnc3[nH]ccc3n12. The maximum Gasteiger partial charge on any atom is 0.220 e. The van der Waals surface area contributed by atoms with Crippen molar-refractivity contribution in [2.45, 2.75) is 51.2 Å². The van der Waals surface area contributed by atoms with Crippen molar-refractivity contribution in [3.8, 4) is 11.3 Å². The summed E-state index contributed by atoms with van der Waals surface area (Å²) in [5.41, 5.74) is 7.42. The Morgan fingerprint density at radius 3 is 2.84 bits per heavy atom. The van der Waals surface area contributed by atoms with E-state index < -0.39 is 6.10 Å². The van der Waals surface area contributed by atoms with Gasteiger partial charge in [0.05, 0.1) is 35.1 Å². The molecule has 3 aromatic heterocycles. The molecular formula is C24H25N5O2. The van der Waals surface area contributed by atoms with Gasteiger partial charge in [-0.25, -0.2) is 9.97 Å². The molecular weight excluding hydrogens is 390 g/mol. The quantitative estimate of drug-likeness (QED) is 0.525. The summed E-state index contributed by atoms with van der Waals surface area (Å²) >= 11 is 0. The Balaban J connectivity index is 1.59. The van der Waals surface area contributed by atoms with Gasteiger partial charge in [0, 0.05) is 31.6 Å². The van der Waals surface area contributed by atoms with Crippen molar-refractivity contribution >= 4 is 22.6 Å². The largest absolute Gasteiger partial charge is 0.391 e. The highest BCUT2D eigenvalue weighted by atomic mass is 16.3. The van der Waals surface area contributed by atoms with E-state index >= 15 is 0 Å². The van der Waals surface area contributed by atoms with Gasteiger partial charge < -0.3 is 15.0 Å². The van der Waals surface area contributed by atoms with Crippen LogP contribution in [-0.2, 0) is 17.6 Å². The molecule has 2 N–H and O–H groups in total. The molecule has 2 aliphatic rings. The van der Waals surface area contributed by atoms with Gasteiger partial charge in [-0.15, -0.1) is 0 Å². The molecule has 4 heterocycles. The number of aliphatic hydroxyl groups excluding tert-OH is 1. The van der Waals surface area contributed by atoms with Crippen molar-refractivity contribution in [3.63, 3.8) is 0 Å². The zero-order valence-corrected chi connectivity index (χ0v) is 17.5. The van der Waals surface area contributed by atoms with Crippen LogP contribution in [0.15, 0.2) is 36.7 Å². The highest BCUT2D eigenvalue weighted by Gasteiger charge is 2.37. The van der Waals surface area contributed by atoms with Crippen molar-refractivity contribution < 1.29 is 9.90 Å². The number of nitrogens with one attached hydrogen (secondary N) is 1. The van der Waals surface area contributed by atoms with E-state index in [-0.39, 0.29) is 11.9 Å². The average molecular weight is 415 g/mol. The van der Waals surface area contributed by atoms with Crippen molar-refractivity contribution in [3.05, 3.63) is 53.6 Å². The minimum Gasteiger partial charge on any atom is -0.391 e. The number of likely N-dealkylation sites (tertiary alicyclic amines) is 1. The van der Waals surface area contributed by atoms with Crippen LogP contribution < -0.4 is 0 Å². The van der Waals surface area contributed by atoms with Crippen LogP contribution in [0.1, 0.15) is 49.2 Å². The number of amides is 1. The molecule has 0 bridgehead atoms. The highest BCUT2D eigenvalue weighted by Crippen LogP contribution is 2.37. The fourth-order valence-corrected chi connectivity index (χ4v) is 5.31. The number of carbonyl (C=O) groups is 1. The number of aromatic amines is 1. The van der Waals surface area contributed by atoms with Gasteiger partial charge in [0.2, 0.25) is 5.91 Å².